The van der Waals surface area contributed by atoms with Gasteiger partial charge in [-0.1, -0.05) is 6.92 Å². The third-order valence-corrected chi connectivity index (χ3v) is 4.46. The van der Waals surface area contributed by atoms with Crippen molar-refractivity contribution in [3.63, 3.8) is 0 Å². The molecule has 1 aromatic heterocycles. The number of hydrogen-bond acceptors (Lipinski definition) is 3. The molecule has 2 aliphatic rings. The van der Waals surface area contributed by atoms with E-state index >= 15 is 0 Å². The second kappa shape index (κ2) is 5.59. The van der Waals surface area contributed by atoms with Crippen molar-refractivity contribution in [2.75, 3.05) is 6.54 Å². The van der Waals surface area contributed by atoms with Gasteiger partial charge in [0.15, 0.2) is 0 Å². The van der Waals surface area contributed by atoms with Crippen LogP contribution in [-0.4, -0.2) is 28.5 Å². The first kappa shape index (κ1) is 13.1. The first-order chi connectivity index (χ1) is 9.29. The van der Waals surface area contributed by atoms with Gasteiger partial charge in [-0.2, -0.15) is 0 Å². The third-order valence-electron chi connectivity index (χ3n) is 4.46. The molecule has 0 aromatic carbocycles. The van der Waals surface area contributed by atoms with E-state index in [0.717, 1.165) is 18.4 Å². The first-order valence-electron chi connectivity index (χ1n) is 7.70. The Kier molecular flexibility index (Phi) is 3.85. The van der Waals surface area contributed by atoms with Crippen LogP contribution in [0, 0.1) is 5.92 Å². The zero-order valence-electron chi connectivity index (χ0n) is 11.8. The summed E-state index contributed by atoms with van der Waals surface area (Å²) in [5.41, 5.74) is 7.79. The Hall–Kier alpha value is -0.930. The molecule has 2 saturated carbocycles. The van der Waals surface area contributed by atoms with Crippen LogP contribution in [0.3, 0.4) is 0 Å². The van der Waals surface area contributed by atoms with Crippen LogP contribution in [0.4, 0.5) is 0 Å². The average Bonchev–Trinajstić information content (AvgIpc) is 3.31. The van der Waals surface area contributed by atoms with Crippen LogP contribution in [0.5, 0.6) is 0 Å². The molecule has 3 nitrogen and oxygen atoms in total. The Bertz CT molecular complexity index is 398. The van der Waals surface area contributed by atoms with E-state index in [1.807, 2.05) is 12.4 Å². The van der Waals surface area contributed by atoms with Crippen LogP contribution in [0.1, 0.15) is 50.6 Å². The van der Waals surface area contributed by atoms with Gasteiger partial charge in [0.2, 0.25) is 0 Å². The van der Waals surface area contributed by atoms with E-state index < -0.39 is 0 Å². The van der Waals surface area contributed by atoms with Crippen molar-refractivity contribution in [3.8, 4) is 0 Å². The Morgan fingerprint density at radius 2 is 1.95 bits per heavy atom. The number of aromatic nitrogens is 1. The van der Waals surface area contributed by atoms with Crippen LogP contribution in [-0.2, 0) is 0 Å². The normalized spacial score (nSPS) is 22.5. The van der Waals surface area contributed by atoms with Crippen molar-refractivity contribution in [1.82, 2.24) is 9.88 Å². The van der Waals surface area contributed by atoms with E-state index in [4.69, 9.17) is 5.73 Å². The highest BCUT2D eigenvalue weighted by Crippen LogP contribution is 2.40. The standard InChI is InChI=1S/C16H25N3/c1-2-15(17)16(13-7-9-18-10-8-13)19(14-5-6-14)11-12-3-4-12/h7-10,12,14-16H,2-6,11,17H2,1H3. The van der Waals surface area contributed by atoms with Crippen LogP contribution in [0.2, 0.25) is 0 Å². The van der Waals surface area contributed by atoms with Gasteiger partial charge in [-0.05, 0) is 55.7 Å². The van der Waals surface area contributed by atoms with E-state index in [2.05, 4.69) is 28.9 Å². The summed E-state index contributed by atoms with van der Waals surface area (Å²) < 4.78 is 0. The summed E-state index contributed by atoms with van der Waals surface area (Å²) in [5, 5.41) is 0. The molecular weight excluding hydrogens is 234 g/mol. The lowest BCUT2D eigenvalue weighted by Gasteiger charge is -2.36. The minimum atomic E-state index is 0.224. The summed E-state index contributed by atoms with van der Waals surface area (Å²) in [6.07, 6.45) is 10.3. The Balaban J connectivity index is 1.83. The number of rotatable bonds is 7. The van der Waals surface area contributed by atoms with Crippen molar-refractivity contribution in [3.05, 3.63) is 30.1 Å². The van der Waals surface area contributed by atoms with E-state index in [-0.39, 0.29) is 6.04 Å². The number of pyridine rings is 1. The maximum Gasteiger partial charge on any atom is 0.0503 e. The molecule has 0 spiro atoms. The molecule has 1 heterocycles. The van der Waals surface area contributed by atoms with Crippen molar-refractivity contribution >= 4 is 0 Å². The van der Waals surface area contributed by atoms with Gasteiger partial charge in [-0.15, -0.1) is 0 Å². The molecule has 19 heavy (non-hydrogen) atoms. The maximum absolute atomic E-state index is 6.45. The first-order valence-corrected chi connectivity index (χ1v) is 7.70. The summed E-state index contributed by atoms with van der Waals surface area (Å²) in [6, 6.07) is 5.66. The molecule has 2 atom stereocenters. The van der Waals surface area contributed by atoms with Crippen LogP contribution in [0.15, 0.2) is 24.5 Å². The van der Waals surface area contributed by atoms with Gasteiger partial charge in [0.05, 0.1) is 6.04 Å². The van der Waals surface area contributed by atoms with Crippen molar-refractivity contribution in [2.45, 2.75) is 57.2 Å². The minimum Gasteiger partial charge on any atom is -0.326 e. The molecule has 3 heteroatoms. The van der Waals surface area contributed by atoms with Gasteiger partial charge < -0.3 is 5.73 Å². The van der Waals surface area contributed by atoms with Crippen LogP contribution < -0.4 is 5.73 Å². The lowest BCUT2D eigenvalue weighted by molar-refractivity contribution is 0.152. The maximum atomic E-state index is 6.45. The molecule has 0 radical (unpaired) electrons. The van der Waals surface area contributed by atoms with E-state index in [1.54, 1.807) is 0 Å². The van der Waals surface area contributed by atoms with Crippen molar-refractivity contribution < 1.29 is 0 Å². The lowest BCUT2D eigenvalue weighted by Crippen LogP contribution is -2.43. The van der Waals surface area contributed by atoms with Gasteiger partial charge in [-0.25, -0.2) is 0 Å². The van der Waals surface area contributed by atoms with Crippen molar-refractivity contribution in [1.29, 1.82) is 0 Å². The average molecular weight is 259 g/mol. The Labute approximate surface area is 116 Å². The summed E-state index contributed by atoms with van der Waals surface area (Å²) in [5.74, 6) is 0.925. The smallest absolute Gasteiger partial charge is 0.0503 e. The molecular formula is C16H25N3. The molecule has 104 valence electrons. The highest BCUT2D eigenvalue weighted by Gasteiger charge is 2.39. The van der Waals surface area contributed by atoms with E-state index in [9.17, 15) is 0 Å². The predicted octanol–water partition coefficient (Wildman–Crippen LogP) is 2.73. The highest BCUT2D eigenvalue weighted by molar-refractivity contribution is 5.18. The molecule has 0 bridgehead atoms. The number of hydrogen-bond donors (Lipinski definition) is 1. The zero-order valence-corrected chi connectivity index (χ0v) is 11.8. The van der Waals surface area contributed by atoms with E-state index in [0.29, 0.717) is 6.04 Å². The lowest BCUT2D eigenvalue weighted by atomic mass is 9.96. The van der Waals surface area contributed by atoms with Gasteiger partial charge in [0.1, 0.15) is 0 Å². The monoisotopic (exact) mass is 259 g/mol. The minimum absolute atomic E-state index is 0.224. The number of nitrogens with zero attached hydrogens (tertiary/aromatic N) is 2. The Morgan fingerprint density at radius 1 is 1.26 bits per heavy atom. The number of nitrogens with two attached hydrogens (primary N) is 1. The summed E-state index contributed by atoms with van der Waals surface area (Å²) >= 11 is 0. The third kappa shape index (κ3) is 3.15. The molecule has 2 unspecified atom stereocenters. The highest BCUT2D eigenvalue weighted by atomic mass is 15.2. The quantitative estimate of drug-likeness (QED) is 0.818. The second-order valence-electron chi connectivity index (χ2n) is 6.17. The molecule has 2 N–H and O–H groups in total. The van der Waals surface area contributed by atoms with Gasteiger partial charge in [0, 0.05) is 31.0 Å². The topological polar surface area (TPSA) is 42.1 Å². The van der Waals surface area contributed by atoms with Gasteiger partial charge in [0.25, 0.3) is 0 Å². The molecule has 2 aliphatic carbocycles. The molecule has 3 rings (SSSR count). The molecule has 0 amide bonds. The molecule has 0 aliphatic heterocycles. The van der Waals surface area contributed by atoms with Gasteiger partial charge >= 0.3 is 0 Å². The van der Waals surface area contributed by atoms with E-state index in [1.165, 1.54) is 37.8 Å². The fraction of sp³-hybridized carbons (Fsp3) is 0.688. The van der Waals surface area contributed by atoms with Gasteiger partial charge in [-0.3, -0.25) is 9.88 Å². The summed E-state index contributed by atoms with van der Waals surface area (Å²) in [4.78, 5) is 6.84. The molecule has 0 saturated heterocycles. The predicted molar refractivity (Wildman–Crippen MR) is 77.7 cm³/mol. The molecule has 2 fully saturated rings. The SMILES string of the molecule is CCC(N)C(c1ccncc1)N(CC1CC1)C1CC1. The van der Waals surface area contributed by atoms with Crippen molar-refractivity contribution in [2.24, 2.45) is 11.7 Å². The fourth-order valence-corrected chi connectivity index (χ4v) is 2.96. The zero-order chi connectivity index (χ0) is 13.2. The summed E-state index contributed by atoms with van der Waals surface area (Å²) in [7, 11) is 0. The molecule has 1 aromatic rings. The second-order valence-corrected chi connectivity index (χ2v) is 6.17. The Morgan fingerprint density at radius 3 is 2.47 bits per heavy atom. The fourth-order valence-electron chi connectivity index (χ4n) is 2.96. The largest absolute Gasteiger partial charge is 0.326 e. The van der Waals surface area contributed by atoms with Crippen LogP contribution >= 0.6 is 0 Å². The summed E-state index contributed by atoms with van der Waals surface area (Å²) in [6.45, 7) is 3.44. The van der Waals surface area contributed by atoms with Crippen LogP contribution in [0.25, 0.3) is 0 Å².